The van der Waals surface area contributed by atoms with Crippen LogP contribution < -0.4 is 5.32 Å². The van der Waals surface area contributed by atoms with Crippen LogP contribution in [0.4, 0.5) is 5.00 Å². The van der Waals surface area contributed by atoms with Gasteiger partial charge >= 0.3 is 0 Å². The van der Waals surface area contributed by atoms with Crippen molar-refractivity contribution in [2.75, 3.05) is 5.32 Å². The van der Waals surface area contributed by atoms with Gasteiger partial charge in [-0.25, -0.2) is 13.4 Å². The first-order valence-electron chi connectivity index (χ1n) is 11.9. The van der Waals surface area contributed by atoms with Crippen molar-refractivity contribution in [2.24, 2.45) is 5.92 Å². The highest BCUT2D eigenvalue weighted by Gasteiger charge is 2.27. The molecule has 35 heavy (non-hydrogen) atoms. The summed E-state index contributed by atoms with van der Waals surface area (Å²) in [4.78, 5) is 19.6. The lowest BCUT2D eigenvalue weighted by Gasteiger charge is -2.18. The van der Waals surface area contributed by atoms with Crippen LogP contribution >= 0.6 is 22.7 Å². The van der Waals surface area contributed by atoms with Crippen molar-refractivity contribution in [2.45, 2.75) is 56.6 Å². The number of benzene rings is 2. The quantitative estimate of drug-likeness (QED) is 0.312. The van der Waals surface area contributed by atoms with Crippen LogP contribution in [-0.4, -0.2) is 24.6 Å². The molecule has 1 atom stereocenters. The lowest BCUT2D eigenvalue weighted by molar-refractivity contribution is -0.115. The molecule has 0 saturated heterocycles. The third-order valence-electron chi connectivity index (χ3n) is 6.51. The lowest BCUT2D eigenvalue weighted by atomic mass is 9.88. The summed E-state index contributed by atoms with van der Waals surface area (Å²) in [7, 11) is -3.33. The van der Waals surface area contributed by atoms with Gasteiger partial charge < -0.3 is 5.32 Å². The highest BCUT2D eigenvalue weighted by atomic mass is 32.2. The van der Waals surface area contributed by atoms with Crippen molar-refractivity contribution in [3.8, 4) is 10.6 Å². The van der Waals surface area contributed by atoms with E-state index in [-0.39, 0.29) is 17.2 Å². The summed E-state index contributed by atoms with van der Waals surface area (Å²) in [5.74, 6) is 0.520. The van der Waals surface area contributed by atoms with Crippen molar-refractivity contribution in [1.29, 1.82) is 0 Å². The summed E-state index contributed by atoms with van der Waals surface area (Å²) in [6.45, 7) is 5.61. The van der Waals surface area contributed by atoms with Gasteiger partial charge in [0.1, 0.15) is 10.0 Å². The molecule has 0 radical (unpaired) electrons. The van der Waals surface area contributed by atoms with Gasteiger partial charge in [0.2, 0.25) is 5.91 Å². The molecule has 0 spiro atoms. The Morgan fingerprint density at radius 3 is 2.57 bits per heavy atom. The molecule has 0 bridgehead atoms. The summed E-state index contributed by atoms with van der Waals surface area (Å²) in [6.07, 6.45) is 3.35. The van der Waals surface area contributed by atoms with Gasteiger partial charge in [-0.2, -0.15) is 0 Å². The Bertz CT molecular complexity index is 1470. The van der Waals surface area contributed by atoms with Crippen molar-refractivity contribution < 1.29 is 13.2 Å². The fraction of sp³-hybridized carbons (Fsp3) is 0.333. The Balaban J connectivity index is 1.42. The van der Waals surface area contributed by atoms with Gasteiger partial charge in [-0.05, 0) is 74.4 Å². The fourth-order valence-corrected chi connectivity index (χ4v) is 8.07. The molecule has 5 rings (SSSR count). The van der Waals surface area contributed by atoms with E-state index in [1.807, 2.05) is 18.2 Å². The van der Waals surface area contributed by atoms with Crippen LogP contribution in [0.3, 0.4) is 0 Å². The van der Waals surface area contributed by atoms with Gasteiger partial charge in [-0.3, -0.25) is 4.79 Å². The van der Waals surface area contributed by atoms with Crippen LogP contribution in [-0.2, 0) is 33.9 Å². The molecule has 182 valence electrons. The van der Waals surface area contributed by atoms with Crippen molar-refractivity contribution >= 4 is 53.6 Å². The van der Waals surface area contributed by atoms with E-state index in [2.05, 4.69) is 18.3 Å². The Morgan fingerprint density at radius 2 is 1.86 bits per heavy atom. The zero-order valence-electron chi connectivity index (χ0n) is 20.0. The molecule has 4 aromatic rings. The second kappa shape index (κ2) is 9.48. The summed E-state index contributed by atoms with van der Waals surface area (Å²) in [5.41, 5.74) is 4.16. The van der Waals surface area contributed by atoms with E-state index in [0.717, 1.165) is 50.6 Å². The molecule has 2 aromatic heterocycles. The normalized spacial score (nSPS) is 15.9. The SMILES string of the molecule is CC1CCc2c(sc(NC(=O)Cc3ccc(S(=O)(=O)C(C)C)cc3)c2-c2nc3ccccc3s2)C1. The summed E-state index contributed by atoms with van der Waals surface area (Å²) in [5, 5.41) is 4.51. The van der Waals surface area contributed by atoms with Crippen LogP contribution in [0.5, 0.6) is 0 Å². The van der Waals surface area contributed by atoms with Crippen molar-refractivity contribution in [3.63, 3.8) is 0 Å². The van der Waals surface area contributed by atoms with Gasteiger partial charge in [0.15, 0.2) is 9.84 Å². The Labute approximate surface area is 214 Å². The molecule has 2 heterocycles. The highest BCUT2D eigenvalue weighted by molar-refractivity contribution is 7.92. The van der Waals surface area contributed by atoms with E-state index < -0.39 is 15.1 Å². The minimum Gasteiger partial charge on any atom is -0.317 e. The molecule has 2 aromatic carbocycles. The molecule has 1 N–H and O–H groups in total. The third kappa shape index (κ3) is 4.79. The zero-order valence-corrected chi connectivity index (χ0v) is 22.4. The summed E-state index contributed by atoms with van der Waals surface area (Å²) in [6, 6.07) is 14.8. The number of hydrogen-bond acceptors (Lipinski definition) is 6. The highest BCUT2D eigenvalue weighted by Crippen LogP contribution is 2.47. The summed E-state index contributed by atoms with van der Waals surface area (Å²) < 4.78 is 25.9. The average Bonchev–Trinajstić information content (AvgIpc) is 3.39. The van der Waals surface area contributed by atoms with Crippen molar-refractivity contribution in [1.82, 2.24) is 4.98 Å². The largest absolute Gasteiger partial charge is 0.317 e. The first-order chi connectivity index (χ1) is 16.7. The Hall–Kier alpha value is -2.55. The maximum atomic E-state index is 13.1. The fourth-order valence-electron chi connectivity index (χ4n) is 4.47. The van der Waals surface area contributed by atoms with Gasteiger partial charge in [0.05, 0.1) is 26.8 Å². The number of thiazole rings is 1. The molecule has 8 heteroatoms. The number of sulfone groups is 1. The van der Waals surface area contributed by atoms with Crippen LogP contribution in [0.15, 0.2) is 53.4 Å². The zero-order chi connectivity index (χ0) is 24.7. The number of hydrogen-bond donors (Lipinski definition) is 1. The monoisotopic (exact) mass is 524 g/mol. The molecular formula is C27H28N2O3S3. The number of carbonyl (C=O) groups is 1. The minimum absolute atomic E-state index is 0.113. The second-order valence-electron chi connectivity index (χ2n) is 9.51. The van der Waals surface area contributed by atoms with E-state index in [1.165, 1.54) is 10.4 Å². The summed E-state index contributed by atoms with van der Waals surface area (Å²) >= 11 is 3.34. The van der Waals surface area contributed by atoms with E-state index in [0.29, 0.717) is 5.92 Å². The molecule has 0 aliphatic heterocycles. The number of thiophene rings is 1. The Kier molecular flexibility index (Phi) is 6.55. The molecule has 1 aliphatic rings. The molecule has 0 saturated carbocycles. The lowest BCUT2D eigenvalue weighted by Crippen LogP contribution is -2.15. The number of nitrogens with one attached hydrogen (secondary N) is 1. The van der Waals surface area contributed by atoms with E-state index in [4.69, 9.17) is 4.98 Å². The molecule has 1 aliphatic carbocycles. The molecule has 5 nitrogen and oxygen atoms in total. The second-order valence-corrected chi connectivity index (χ2v) is 14.1. The first-order valence-corrected chi connectivity index (χ1v) is 15.0. The standard InChI is InChI=1S/C27H28N2O3S3/c1-16(2)35(31,32)19-11-9-18(10-12-19)15-24(30)29-27-25(20-13-8-17(3)14-23(20)34-27)26-28-21-6-4-5-7-22(21)33-26/h4-7,9-12,16-17H,8,13-15H2,1-3H3,(H,29,30). The number of fused-ring (bicyclic) bond motifs is 2. The third-order valence-corrected chi connectivity index (χ3v) is 10.9. The van der Waals surface area contributed by atoms with Gasteiger partial charge in [-0.1, -0.05) is 31.2 Å². The van der Waals surface area contributed by atoms with E-state index >= 15 is 0 Å². The van der Waals surface area contributed by atoms with Gasteiger partial charge in [-0.15, -0.1) is 22.7 Å². The molecule has 1 unspecified atom stereocenters. The molecule has 0 fully saturated rings. The molecule has 1 amide bonds. The van der Waals surface area contributed by atoms with Crippen LogP contribution in [0.25, 0.3) is 20.8 Å². The van der Waals surface area contributed by atoms with Crippen LogP contribution in [0, 0.1) is 5.92 Å². The number of amides is 1. The Morgan fingerprint density at radius 1 is 1.11 bits per heavy atom. The number of anilines is 1. The number of aromatic nitrogens is 1. The van der Waals surface area contributed by atoms with Crippen LogP contribution in [0.2, 0.25) is 0 Å². The first kappa shape index (κ1) is 24.2. The maximum Gasteiger partial charge on any atom is 0.229 e. The molecular weight excluding hydrogens is 497 g/mol. The number of nitrogens with zero attached hydrogens (tertiary/aromatic N) is 1. The smallest absolute Gasteiger partial charge is 0.229 e. The van der Waals surface area contributed by atoms with Gasteiger partial charge in [0.25, 0.3) is 0 Å². The number of carbonyl (C=O) groups excluding carboxylic acids is 1. The van der Waals surface area contributed by atoms with Crippen LogP contribution in [0.1, 0.15) is 43.2 Å². The predicted molar refractivity (Wildman–Crippen MR) is 145 cm³/mol. The van der Waals surface area contributed by atoms with E-state index in [9.17, 15) is 13.2 Å². The number of rotatable bonds is 6. The van der Waals surface area contributed by atoms with Crippen molar-refractivity contribution in [3.05, 3.63) is 64.5 Å². The van der Waals surface area contributed by atoms with E-state index in [1.54, 1.807) is 60.8 Å². The average molecular weight is 525 g/mol. The predicted octanol–water partition coefficient (Wildman–Crippen LogP) is 6.51. The minimum atomic E-state index is -3.33. The topological polar surface area (TPSA) is 76.1 Å². The van der Waals surface area contributed by atoms with Gasteiger partial charge in [0, 0.05) is 10.4 Å². The number of para-hydroxylation sites is 1. The maximum absolute atomic E-state index is 13.1.